The lowest BCUT2D eigenvalue weighted by Crippen LogP contribution is -2.42. The molecule has 2 amide bonds. The summed E-state index contributed by atoms with van der Waals surface area (Å²) in [5.41, 5.74) is 1.29. The summed E-state index contributed by atoms with van der Waals surface area (Å²) >= 11 is 0. The van der Waals surface area contributed by atoms with Crippen molar-refractivity contribution in [2.75, 3.05) is 7.05 Å². The van der Waals surface area contributed by atoms with E-state index < -0.39 is 4.92 Å². The molecular formula is C15H19N3O3. The van der Waals surface area contributed by atoms with Crippen LogP contribution in [-0.2, 0) is 0 Å². The minimum atomic E-state index is -0.431. The standard InChI is InChI=1S/C15H19N3O3/c1-6-11(3)17(5)15(19)16-12(4)13-8-7-10(2)14(9-13)18(20)21/h1,7-9,11-12H,2-5H3,(H,16,19)/t11-,12+/m1/s1. The first-order valence-corrected chi connectivity index (χ1v) is 6.52. The maximum atomic E-state index is 12.0. The molecule has 0 aliphatic rings. The van der Waals surface area contributed by atoms with Crippen molar-refractivity contribution in [3.05, 3.63) is 39.4 Å². The first kappa shape index (κ1) is 16.5. The number of nitrogens with zero attached hydrogens (tertiary/aromatic N) is 2. The number of nitrogens with one attached hydrogen (secondary N) is 1. The Hall–Kier alpha value is -2.55. The number of nitro benzene ring substituents is 1. The Kier molecular flexibility index (Phi) is 5.30. The number of amides is 2. The highest BCUT2D eigenvalue weighted by molar-refractivity contribution is 5.75. The number of carbonyl (C=O) groups is 1. The second kappa shape index (κ2) is 6.75. The van der Waals surface area contributed by atoms with Crippen molar-refractivity contribution in [2.24, 2.45) is 0 Å². The zero-order chi connectivity index (χ0) is 16.2. The lowest BCUT2D eigenvalue weighted by molar-refractivity contribution is -0.385. The van der Waals surface area contributed by atoms with E-state index >= 15 is 0 Å². The van der Waals surface area contributed by atoms with Gasteiger partial charge in [0, 0.05) is 18.7 Å². The minimum Gasteiger partial charge on any atom is -0.331 e. The fourth-order valence-corrected chi connectivity index (χ4v) is 1.75. The van der Waals surface area contributed by atoms with Crippen LogP contribution in [0.4, 0.5) is 10.5 Å². The maximum absolute atomic E-state index is 12.0. The van der Waals surface area contributed by atoms with Gasteiger partial charge in [-0.25, -0.2) is 4.79 Å². The SMILES string of the molecule is C#C[C@@H](C)N(C)C(=O)N[C@@H](C)c1ccc(C)c([N+](=O)[O-])c1. The van der Waals surface area contributed by atoms with Crippen molar-refractivity contribution >= 4 is 11.7 Å². The van der Waals surface area contributed by atoms with E-state index in [1.54, 1.807) is 40.0 Å². The number of terminal acetylenes is 1. The van der Waals surface area contributed by atoms with Crippen LogP contribution in [-0.4, -0.2) is 28.9 Å². The van der Waals surface area contributed by atoms with Gasteiger partial charge in [0.05, 0.1) is 17.0 Å². The van der Waals surface area contributed by atoms with Crippen LogP contribution >= 0.6 is 0 Å². The van der Waals surface area contributed by atoms with E-state index in [0.29, 0.717) is 11.1 Å². The van der Waals surface area contributed by atoms with Crippen molar-refractivity contribution in [1.82, 2.24) is 10.2 Å². The predicted molar refractivity (Wildman–Crippen MR) is 80.8 cm³/mol. The molecule has 1 aromatic rings. The minimum absolute atomic E-state index is 0.0407. The normalized spacial score (nSPS) is 12.9. The molecule has 0 saturated carbocycles. The lowest BCUT2D eigenvalue weighted by Gasteiger charge is -2.24. The van der Waals surface area contributed by atoms with Gasteiger partial charge in [-0.2, -0.15) is 0 Å². The van der Waals surface area contributed by atoms with Gasteiger partial charge in [0.1, 0.15) is 0 Å². The molecule has 0 heterocycles. The van der Waals surface area contributed by atoms with E-state index in [9.17, 15) is 14.9 Å². The predicted octanol–water partition coefficient (Wildman–Crippen LogP) is 2.63. The molecular weight excluding hydrogens is 270 g/mol. The van der Waals surface area contributed by atoms with Gasteiger partial charge in [0.15, 0.2) is 0 Å². The first-order valence-electron chi connectivity index (χ1n) is 6.52. The zero-order valence-electron chi connectivity index (χ0n) is 12.6. The van der Waals surface area contributed by atoms with Crippen molar-refractivity contribution < 1.29 is 9.72 Å². The molecule has 6 heteroatoms. The van der Waals surface area contributed by atoms with E-state index in [1.165, 1.54) is 11.0 Å². The van der Waals surface area contributed by atoms with Gasteiger partial charge in [0.2, 0.25) is 0 Å². The number of benzene rings is 1. The Bertz CT molecular complexity index is 592. The van der Waals surface area contributed by atoms with Crippen molar-refractivity contribution in [3.63, 3.8) is 0 Å². The fourth-order valence-electron chi connectivity index (χ4n) is 1.75. The average molecular weight is 289 g/mol. The van der Waals surface area contributed by atoms with Crippen molar-refractivity contribution in [2.45, 2.75) is 32.9 Å². The number of urea groups is 1. The summed E-state index contributed by atoms with van der Waals surface area (Å²) in [4.78, 5) is 23.9. The third kappa shape index (κ3) is 3.96. The molecule has 6 nitrogen and oxygen atoms in total. The quantitative estimate of drug-likeness (QED) is 0.526. The highest BCUT2D eigenvalue weighted by Gasteiger charge is 2.19. The second-order valence-corrected chi connectivity index (χ2v) is 4.93. The lowest BCUT2D eigenvalue weighted by atomic mass is 10.0. The van der Waals surface area contributed by atoms with Gasteiger partial charge < -0.3 is 10.2 Å². The van der Waals surface area contributed by atoms with Gasteiger partial charge in [-0.05, 0) is 26.3 Å². The first-order chi connectivity index (χ1) is 9.77. The molecule has 1 aromatic carbocycles. The maximum Gasteiger partial charge on any atom is 0.318 e. The van der Waals surface area contributed by atoms with Gasteiger partial charge in [-0.1, -0.05) is 18.1 Å². The average Bonchev–Trinajstić information content (AvgIpc) is 2.45. The Balaban J connectivity index is 2.88. The number of nitro groups is 1. The number of hydrogen-bond acceptors (Lipinski definition) is 3. The van der Waals surface area contributed by atoms with Crippen LogP contribution in [0, 0.1) is 29.4 Å². The number of rotatable bonds is 4. The molecule has 0 bridgehead atoms. The molecule has 0 aliphatic heterocycles. The smallest absolute Gasteiger partial charge is 0.318 e. The topological polar surface area (TPSA) is 75.5 Å². The number of aryl methyl sites for hydroxylation is 1. The largest absolute Gasteiger partial charge is 0.331 e. The summed E-state index contributed by atoms with van der Waals surface area (Å²) in [6, 6.07) is 3.90. The summed E-state index contributed by atoms with van der Waals surface area (Å²) < 4.78 is 0. The van der Waals surface area contributed by atoms with Crippen LogP contribution < -0.4 is 5.32 Å². The summed E-state index contributed by atoms with van der Waals surface area (Å²) in [6.45, 7) is 5.18. The van der Waals surface area contributed by atoms with E-state index in [2.05, 4.69) is 11.2 Å². The van der Waals surface area contributed by atoms with Gasteiger partial charge >= 0.3 is 6.03 Å². The molecule has 0 spiro atoms. The van der Waals surface area contributed by atoms with Crippen LogP contribution in [0.3, 0.4) is 0 Å². The molecule has 0 unspecified atom stereocenters. The van der Waals surface area contributed by atoms with Crippen LogP contribution in [0.2, 0.25) is 0 Å². The molecule has 2 atom stereocenters. The molecule has 0 saturated heterocycles. The number of carbonyl (C=O) groups excluding carboxylic acids is 1. The highest BCUT2D eigenvalue weighted by atomic mass is 16.6. The van der Waals surface area contributed by atoms with Crippen LogP contribution in [0.1, 0.15) is 31.0 Å². The number of hydrogen-bond donors (Lipinski definition) is 1. The van der Waals surface area contributed by atoms with E-state index in [-0.39, 0.29) is 23.8 Å². The summed E-state index contributed by atoms with van der Waals surface area (Å²) in [6.07, 6.45) is 5.28. The Morgan fingerprint density at radius 2 is 2.10 bits per heavy atom. The Morgan fingerprint density at radius 1 is 1.48 bits per heavy atom. The molecule has 1 N–H and O–H groups in total. The van der Waals surface area contributed by atoms with E-state index in [1.807, 2.05) is 0 Å². The van der Waals surface area contributed by atoms with Crippen LogP contribution in [0.25, 0.3) is 0 Å². The molecule has 0 aliphatic carbocycles. The van der Waals surface area contributed by atoms with Crippen LogP contribution in [0.5, 0.6) is 0 Å². The van der Waals surface area contributed by atoms with E-state index in [0.717, 1.165) is 0 Å². The third-order valence-corrected chi connectivity index (χ3v) is 3.41. The van der Waals surface area contributed by atoms with Crippen molar-refractivity contribution in [1.29, 1.82) is 0 Å². The van der Waals surface area contributed by atoms with Gasteiger partial charge in [0.25, 0.3) is 5.69 Å². The summed E-state index contributed by atoms with van der Waals surface area (Å²) in [5, 5.41) is 13.7. The molecule has 112 valence electrons. The zero-order valence-corrected chi connectivity index (χ0v) is 12.6. The summed E-state index contributed by atoms with van der Waals surface area (Å²) in [5.74, 6) is 2.47. The summed E-state index contributed by atoms with van der Waals surface area (Å²) in [7, 11) is 1.60. The van der Waals surface area contributed by atoms with Crippen LogP contribution in [0.15, 0.2) is 18.2 Å². The Morgan fingerprint density at radius 3 is 2.62 bits per heavy atom. The van der Waals surface area contributed by atoms with Gasteiger partial charge in [-0.3, -0.25) is 10.1 Å². The molecule has 0 aromatic heterocycles. The monoisotopic (exact) mass is 289 g/mol. The van der Waals surface area contributed by atoms with Crippen molar-refractivity contribution in [3.8, 4) is 12.3 Å². The molecule has 0 radical (unpaired) electrons. The molecule has 1 rings (SSSR count). The fraction of sp³-hybridized carbons (Fsp3) is 0.400. The third-order valence-electron chi connectivity index (χ3n) is 3.41. The molecule has 21 heavy (non-hydrogen) atoms. The van der Waals surface area contributed by atoms with Gasteiger partial charge in [-0.15, -0.1) is 6.42 Å². The van der Waals surface area contributed by atoms with E-state index in [4.69, 9.17) is 6.42 Å². The second-order valence-electron chi connectivity index (χ2n) is 4.93. The highest BCUT2D eigenvalue weighted by Crippen LogP contribution is 2.23. The molecule has 0 fully saturated rings. The Labute approximate surface area is 124 Å².